The summed E-state index contributed by atoms with van der Waals surface area (Å²) in [5, 5.41) is 0. The molecule has 0 saturated heterocycles. The predicted molar refractivity (Wildman–Crippen MR) is 121 cm³/mol. The zero-order chi connectivity index (χ0) is 34.9. The van der Waals surface area contributed by atoms with Gasteiger partial charge >= 0.3 is 44.3 Å². The smallest absolute Gasteiger partial charge is 0.372 e. The van der Waals surface area contributed by atoms with E-state index in [-0.39, 0.29) is 0 Å². The van der Waals surface area contributed by atoms with Crippen molar-refractivity contribution in [1.82, 2.24) is 0 Å². The Morgan fingerprint density at radius 2 is 0.791 bits per heavy atom. The second-order valence-electron chi connectivity index (χ2n) is 8.70. The Bertz CT molecular complexity index is 780. The SMILES string of the molecule is CCCCCC.CCO[Si](OCC)(OCC)C(F)C(F)(F)C(F)(F)C(F)(F)C(F)(F)C(F)(F)C(F)(F)C(F)C(F)C(F)F. The molecule has 0 aromatic heterocycles. The molecule has 0 aromatic rings. The van der Waals surface area contributed by atoms with E-state index in [2.05, 4.69) is 27.1 Å². The normalized spacial score (nSPS) is 16.5. The van der Waals surface area contributed by atoms with Crippen LogP contribution < -0.4 is 0 Å². The number of alkyl halides is 17. The molecule has 0 heterocycles. The molecule has 0 N–H and O–H groups in total. The van der Waals surface area contributed by atoms with Crippen molar-refractivity contribution in [2.75, 3.05) is 19.8 Å². The Balaban J connectivity index is 0. The van der Waals surface area contributed by atoms with Gasteiger partial charge in [0.15, 0.2) is 6.17 Å². The summed E-state index contributed by atoms with van der Waals surface area (Å²) in [5.74, 6) is -52.9. The quantitative estimate of drug-likeness (QED) is 0.0766. The van der Waals surface area contributed by atoms with Gasteiger partial charge in [0, 0.05) is 19.8 Å². The van der Waals surface area contributed by atoms with Crippen molar-refractivity contribution in [2.45, 2.75) is 120 Å². The van der Waals surface area contributed by atoms with Gasteiger partial charge in [0.1, 0.15) is 0 Å². The molecule has 262 valence electrons. The zero-order valence-corrected chi connectivity index (χ0v) is 24.4. The van der Waals surface area contributed by atoms with E-state index < -0.39 is 88.7 Å². The molecule has 0 bridgehead atoms. The monoisotopic (exact) mass is 696 g/mol. The number of unbranched alkanes of at least 4 members (excludes halogenated alkanes) is 3. The van der Waals surface area contributed by atoms with Crippen LogP contribution in [0.4, 0.5) is 74.6 Å². The number of rotatable bonds is 19. The van der Waals surface area contributed by atoms with Crippen LogP contribution in [0.25, 0.3) is 0 Å². The minimum absolute atomic E-state index is 0.888. The van der Waals surface area contributed by atoms with Crippen LogP contribution in [-0.2, 0) is 13.3 Å². The Morgan fingerprint density at radius 3 is 1.05 bits per heavy atom. The van der Waals surface area contributed by atoms with Crippen molar-refractivity contribution in [3.05, 3.63) is 0 Å². The standard InChI is InChI=1S/C16H19F17O3Si.C6H14/c1-4-34-37(35-5-2,36-6-3)10(21)12(24,25)14(28,29)16(32,33)15(30,31)13(26,27)11(22,23)8(18)7(17)9(19)20;1-3-5-6-4-2/h7-10H,4-6H2,1-3H3;3-6H2,1-2H3. The minimum atomic E-state index is -8.45. The third kappa shape index (κ3) is 8.59. The van der Waals surface area contributed by atoms with Crippen LogP contribution in [0, 0.1) is 0 Å². The lowest BCUT2D eigenvalue weighted by Gasteiger charge is -2.43. The summed E-state index contributed by atoms with van der Waals surface area (Å²) < 4.78 is 245. The molecule has 3 nitrogen and oxygen atoms in total. The summed E-state index contributed by atoms with van der Waals surface area (Å²) in [6, 6.07) is 0. The maximum absolute atomic E-state index is 14.7. The molecule has 21 heteroatoms. The number of halogens is 17. The fraction of sp³-hybridized carbons (Fsp3) is 1.00. The zero-order valence-electron chi connectivity index (χ0n) is 23.4. The van der Waals surface area contributed by atoms with Crippen molar-refractivity contribution in [1.29, 1.82) is 0 Å². The van der Waals surface area contributed by atoms with Gasteiger partial charge in [0.05, 0.1) is 0 Å². The molecule has 0 fully saturated rings. The van der Waals surface area contributed by atoms with Crippen LogP contribution in [-0.4, -0.2) is 88.7 Å². The Kier molecular flexibility index (Phi) is 16.9. The van der Waals surface area contributed by atoms with Crippen LogP contribution in [0.2, 0.25) is 0 Å². The lowest BCUT2D eigenvalue weighted by Crippen LogP contribution is -2.75. The molecule has 43 heavy (non-hydrogen) atoms. The van der Waals surface area contributed by atoms with Crippen LogP contribution in [0.15, 0.2) is 0 Å². The first-order chi connectivity index (χ1) is 19.3. The van der Waals surface area contributed by atoms with E-state index in [0.29, 0.717) is 0 Å². The van der Waals surface area contributed by atoms with Gasteiger partial charge in [-0.3, -0.25) is 0 Å². The van der Waals surface area contributed by atoms with E-state index >= 15 is 0 Å². The fourth-order valence-corrected chi connectivity index (χ4v) is 5.66. The van der Waals surface area contributed by atoms with Gasteiger partial charge in [-0.05, 0) is 20.8 Å². The van der Waals surface area contributed by atoms with E-state index in [0.717, 1.165) is 20.8 Å². The molecule has 3 unspecified atom stereocenters. The van der Waals surface area contributed by atoms with Crippen LogP contribution in [0.1, 0.15) is 60.3 Å². The largest absolute Gasteiger partial charge is 0.543 e. The first-order valence-corrected chi connectivity index (χ1v) is 14.5. The summed E-state index contributed by atoms with van der Waals surface area (Å²) in [4.78, 5) is 0. The molecular formula is C22H33F17O3Si. The van der Waals surface area contributed by atoms with E-state index in [1.54, 1.807) is 0 Å². The molecule has 0 saturated carbocycles. The molecule has 0 aliphatic rings. The number of hydrogen-bond donors (Lipinski definition) is 0. The molecule has 0 rings (SSSR count). The number of hydrogen-bond acceptors (Lipinski definition) is 3. The van der Waals surface area contributed by atoms with E-state index in [1.807, 2.05) is 0 Å². The second kappa shape index (κ2) is 16.5. The minimum Gasteiger partial charge on any atom is -0.372 e. The molecule has 0 aliphatic heterocycles. The van der Waals surface area contributed by atoms with Crippen molar-refractivity contribution in [3.63, 3.8) is 0 Å². The molecule has 0 spiro atoms. The molecular weight excluding hydrogens is 663 g/mol. The lowest BCUT2D eigenvalue weighted by molar-refractivity contribution is -0.433. The highest BCUT2D eigenvalue weighted by Crippen LogP contribution is 2.62. The average Bonchev–Trinajstić information content (AvgIpc) is 2.90. The lowest BCUT2D eigenvalue weighted by atomic mass is 9.89. The molecule has 0 amide bonds. The van der Waals surface area contributed by atoms with E-state index in [1.165, 1.54) is 25.7 Å². The topological polar surface area (TPSA) is 27.7 Å². The summed E-state index contributed by atoms with van der Waals surface area (Å²) in [6.07, 6.45) is -10.2. The van der Waals surface area contributed by atoms with Crippen molar-refractivity contribution >= 4 is 8.80 Å². The summed E-state index contributed by atoms with van der Waals surface area (Å²) >= 11 is 0. The van der Waals surface area contributed by atoms with Gasteiger partial charge < -0.3 is 13.3 Å². The third-order valence-corrected chi connectivity index (χ3v) is 8.57. The van der Waals surface area contributed by atoms with Crippen LogP contribution in [0.5, 0.6) is 0 Å². The van der Waals surface area contributed by atoms with Crippen molar-refractivity contribution in [2.24, 2.45) is 0 Å². The van der Waals surface area contributed by atoms with Crippen molar-refractivity contribution < 1.29 is 87.9 Å². The average molecular weight is 697 g/mol. The molecule has 0 radical (unpaired) electrons. The third-order valence-electron chi connectivity index (χ3n) is 5.51. The van der Waals surface area contributed by atoms with E-state index in [4.69, 9.17) is 0 Å². The second-order valence-corrected chi connectivity index (χ2v) is 11.3. The molecule has 3 atom stereocenters. The maximum Gasteiger partial charge on any atom is 0.543 e. The Labute approximate surface area is 237 Å². The van der Waals surface area contributed by atoms with Crippen LogP contribution >= 0.6 is 0 Å². The van der Waals surface area contributed by atoms with Gasteiger partial charge in [0.2, 0.25) is 12.0 Å². The molecule has 0 aliphatic carbocycles. The summed E-state index contributed by atoms with van der Waals surface area (Å²) in [7, 11) is -5.91. The van der Waals surface area contributed by atoms with Crippen LogP contribution in [0.3, 0.4) is 0 Å². The highest BCUT2D eigenvalue weighted by atomic mass is 28.4. The van der Waals surface area contributed by atoms with Crippen molar-refractivity contribution in [3.8, 4) is 0 Å². The van der Waals surface area contributed by atoms with Gasteiger partial charge in [-0.15, -0.1) is 0 Å². The van der Waals surface area contributed by atoms with Gasteiger partial charge in [-0.25, -0.2) is 22.0 Å². The first-order valence-electron chi connectivity index (χ1n) is 12.7. The highest BCUT2D eigenvalue weighted by molar-refractivity contribution is 6.62. The summed E-state index contributed by atoms with van der Waals surface area (Å²) in [5.41, 5.74) is 0. The van der Waals surface area contributed by atoms with Gasteiger partial charge in [-0.1, -0.05) is 39.5 Å². The Hall–Kier alpha value is -1.09. The molecule has 0 aromatic carbocycles. The van der Waals surface area contributed by atoms with Gasteiger partial charge in [0.25, 0.3) is 6.43 Å². The summed E-state index contributed by atoms with van der Waals surface area (Å²) in [6.45, 7) is 4.41. The van der Waals surface area contributed by atoms with E-state index in [9.17, 15) is 74.6 Å². The highest BCUT2D eigenvalue weighted by Gasteiger charge is 2.93. The Morgan fingerprint density at radius 1 is 0.488 bits per heavy atom. The fourth-order valence-electron chi connectivity index (χ4n) is 3.14. The van der Waals surface area contributed by atoms with Gasteiger partial charge in [-0.2, -0.15) is 52.7 Å². The predicted octanol–water partition coefficient (Wildman–Crippen LogP) is 9.25. The first kappa shape index (κ1) is 44.0. The maximum atomic E-state index is 14.7.